The molecule has 1 N–H and O–H groups in total. The van der Waals surface area contributed by atoms with E-state index in [9.17, 15) is 13.2 Å². The Morgan fingerprint density at radius 3 is 2.70 bits per heavy atom. The van der Waals surface area contributed by atoms with Gasteiger partial charge in [0.15, 0.2) is 0 Å². The van der Waals surface area contributed by atoms with Crippen molar-refractivity contribution in [1.29, 1.82) is 0 Å². The fourth-order valence-corrected chi connectivity index (χ4v) is 6.86. The molecule has 1 aromatic rings. The van der Waals surface area contributed by atoms with Crippen LogP contribution in [-0.2, 0) is 14.8 Å². The fourth-order valence-electron chi connectivity index (χ4n) is 4.09. The normalized spacial score (nSPS) is 25.6. The summed E-state index contributed by atoms with van der Waals surface area (Å²) in [5, 5.41) is 4.79. The summed E-state index contributed by atoms with van der Waals surface area (Å²) >= 11 is 1.20. The molecule has 0 aromatic carbocycles. The van der Waals surface area contributed by atoms with E-state index in [1.165, 1.54) is 28.5 Å². The van der Waals surface area contributed by atoms with E-state index in [0.29, 0.717) is 29.6 Å². The maximum absolute atomic E-state index is 12.8. The average molecular weight is 414 g/mol. The van der Waals surface area contributed by atoms with Gasteiger partial charge >= 0.3 is 0 Å². The predicted octanol–water partition coefficient (Wildman–Crippen LogP) is 2.53. The number of amides is 1. The maximum atomic E-state index is 12.8. The number of sulfonamides is 1. The number of nitrogens with one attached hydrogen (secondary N) is 1. The van der Waals surface area contributed by atoms with Gasteiger partial charge in [0.25, 0.3) is 10.0 Å². The Morgan fingerprint density at radius 2 is 2.04 bits per heavy atom. The van der Waals surface area contributed by atoms with Crippen LogP contribution in [0.4, 0.5) is 0 Å². The number of rotatable bonds is 6. The Kier molecular flexibility index (Phi) is 6.30. The summed E-state index contributed by atoms with van der Waals surface area (Å²) < 4.78 is 27.4. The molecule has 3 rings (SSSR count). The Hall–Kier alpha value is -0.960. The molecule has 1 amide bonds. The number of piperidine rings is 1. The van der Waals surface area contributed by atoms with Gasteiger partial charge in [0.1, 0.15) is 10.3 Å². The Bertz CT molecular complexity index is 746. The van der Waals surface area contributed by atoms with E-state index < -0.39 is 16.1 Å². The number of nitrogens with zero attached hydrogens (tertiary/aromatic N) is 2. The molecule has 0 aliphatic carbocycles. The zero-order valence-corrected chi connectivity index (χ0v) is 18.1. The summed E-state index contributed by atoms with van der Waals surface area (Å²) in [6, 6.07) is 2.73. The van der Waals surface area contributed by atoms with Crippen LogP contribution >= 0.6 is 11.3 Å². The van der Waals surface area contributed by atoms with E-state index >= 15 is 0 Å². The molecule has 27 heavy (non-hydrogen) atoms. The van der Waals surface area contributed by atoms with Crippen LogP contribution in [-0.4, -0.2) is 61.3 Å². The average Bonchev–Trinajstić information content (AvgIpc) is 3.31. The first-order valence-corrected chi connectivity index (χ1v) is 12.1. The van der Waals surface area contributed by atoms with Crippen molar-refractivity contribution in [3.05, 3.63) is 17.5 Å². The SMILES string of the molecule is CC1CCCN(C(C)(C)CNC(=O)C2CCCN2S(=O)(=O)c2cccs2)C1. The molecule has 2 aliphatic rings. The summed E-state index contributed by atoms with van der Waals surface area (Å²) in [5.74, 6) is 0.501. The molecule has 0 spiro atoms. The van der Waals surface area contributed by atoms with Crippen molar-refractivity contribution in [3.63, 3.8) is 0 Å². The molecule has 2 fully saturated rings. The van der Waals surface area contributed by atoms with Crippen molar-refractivity contribution in [3.8, 4) is 0 Å². The van der Waals surface area contributed by atoms with Crippen LogP contribution < -0.4 is 5.32 Å². The Balaban J connectivity index is 1.63. The van der Waals surface area contributed by atoms with Crippen molar-refractivity contribution in [1.82, 2.24) is 14.5 Å². The third-order valence-corrected chi connectivity index (χ3v) is 9.05. The second-order valence-corrected chi connectivity index (χ2v) is 11.5. The van der Waals surface area contributed by atoms with Crippen molar-refractivity contribution < 1.29 is 13.2 Å². The van der Waals surface area contributed by atoms with Gasteiger partial charge in [-0.2, -0.15) is 4.31 Å². The third kappa shape index (κ3) is 4.55. The highest BCUT2D eigenvalue weighted by Gasteiger charge is 2.40. The molecule has 6 nitrogen and oxygen atoms in total. The standard InChI is InChI=1S/C19H31N3O3S2/c1-15-7-4-10-21(13-15)19(2,3)14-20-18(23)16-8-5-11-22(16)27(24,25)17-9-6-12-26-17/h6,9,12,15-16H,4-5,7-8,10-11,13-14H2,1-3H3,(H,20,23). The highest BCUT2D eigenvalue weighted by Crippen LogP contribution is 2.29. The molecule has 2 aliphatic heterocycles. The van der Waals surface area contributed by atoms with Crippen LogP contribution in [0.2, 0.25) is 0 Å². The second kappa shape index (κ2) is 8.19. The van der Waals surface area contributed by atoms with E-state index in [0.717, 1.165) is 19.5 Å². The smallest absolute Gasteiger partial charge is 0.253 e. The largest absolute Gasteiger partial charge is 0.353 e. The molecule has 2 saturated heterocycles. The summed E-state index contributed by atoms with van der Waals surface area (Å²) in [4.78, 5) is 15.3. The maximum Gasteiger partial charge on any atom is 0.253 e. The van der Waals surface area contributed by atoms with Crippen LogP contribution in [0.15, 0.2) is 21.7 Å². The first-order valence-electron chi connectivity index (χ1n) is 9.80. The van der Waals surface area contributed by atoms with Crippen molar-refractivity contribution in [2.45, 2.75) is 62.2 Å². The number of carbonyl (C=O) groups excluding carboxylic acids is 1. The van der Waals surface area contributed by atoms with Crippen LogP contribution in [0.3, 0.4) is 0 Å². The zero-order chi connectivity index (χ0) is 19.7. The topological polar surface area (TPSA) is 69.7 Å². The van der Waals surface area contributed by atoms with Crippen LogP contribution in [0.1, 0.15) is 46.5 Å². The molecule has 1 aromatic heterocycles. The second-order valence-electron chi connectivity index (χ2n) is 8.43. The first-order chi connectivity index (χ1) is 12.7. The van der Waals surface area contributed by atoms with E-state index in [1.807, 2.05) is 0 Å². The van der Waals surface area contributed by atoms with Gasteiger partial charge < -0.3 is 5.32 Å². The molecule has 8 heteroatoms. The lowest BCUT2D eigenvalue weighted by atomic mass is 9.93. The van der Waals surface area contributed by atoms with Crippen LogP contribution in [0.25, 0.3) is 0 Å². The molecular formula is C19H31N3O3S2. The monoisotopic (exact) mass is 413 g/mol. The van der Waals surface area contributed by atoms with E-state index in [2.05, 4.69) is 31.0 Å². The summed E-state index contributed by atoms with van der Waals surface area (Å²) in [6.45, 7) is 9.61. The summed E-state index contributed by atoms with van der Waals surface area (Å²) in [7, 11) is -3.59. The van der Waals surface area contributed by atoms with Crippen molar-refractivity contribution >= 4 is 27.3 Å². The quantitative estimate of drug-likeness (QED) is 0.778. The lowest BCUT2D eigenvalue weighted by molar-refractivity contribution is -0.124. The van der Waals surface area contributed by atoms with Crippen LogP contribution in [0, 0.1) is 5.92 Å². The zero-order valence-electron chi connectivity index (χ0n) is 16.5. The van der Waals surface area contributed by atoms with Gasteiger partial charge in [-0.1, -0.05) is 13.0 Å². The lowest BCUT2D eigenvalue weighted by Crippen LogP contribution is -2.56. The van der Waals surface area contributed by atoms with Crippen LogP contribution in [0.5, 0.6) is 0 Å². The molecular weight excluding hydrogens is 382 g/mol. The number of thiophene rings is 1. The third-order valence-electron chi connectivity index (χ3n) is 5.77. The summed E-state index contributed by atoms with van der Waals surface area (Å²) in [5.41, 5.74) is -0.138. The van der Waals surface area contributed by atoms with Crippen molar-refractivity contribution in [2.24, 2.45) is 5.92 Å². The molecule has 0 bridgehead atoms. The lowest BCUT2D eigenvalue weighted by Gasteiger charge is -2.43. The van der Waals surface area contributed by atoms with Gasteiger partial charge in [-0.05, 0) is 63.4 Å². The predicted molar refractivity (Wildman–Crippen MR) is 108 cm³/mol. The summed E-state index contributed by atoms with van der Waals surface area (Å²) in [6.07, 6.45) is 3.75. The number of hydrogen-bond donors (Lipinski definition) is 1. The van der Waals surface area contributed by atoms with Gasteiger partial charge in [0, 0.05) is 25.2 Å². The molecule has 0 radical (unpaired) electrons. The minimum Gasteiger partial charge on any atom is -0.353 e. The number of hydrogen-bond acceptors (Lipinski definition) is 5. The minimum atomic E-state index is -3.59. The Morgan fingerprint density at radius 1 is 1.30 bits per heavy atom. The minimum absolute atomic E-state index is 0.138. The molecule has 0 saturated carbocycles. The van der Waals surface area contributed by atoms with Gasteiger partial charge in [0.05, 0.1) is 0 Å². The highest BCUT2D eigenvalue weighted by atomic mass is 32.2. The van der Waals surface area contributed by atoms with Crippen molar-refractivity contribution in [2.75, 3.05) is 26.2 Å². The highest BCUT2D eigenvalue weighted by molar-refractivity contribution is 7.91. The molecule has 3 heterocycles. The molecule has 2 unspecified atom stereocenters. The van der Waals surface area contributed by atoms with Gasteiger partial charge in [-0.15, -0.1) is 11.3 Å². The number of carbonyl (C=O) groups is 1. The van der Waals surface area contributed by atoms with E-state index in [1.54, 1.807) is 17.5 Å². The van der Waals surface area contributed by atoms with Gasteiger partial charge in [-0.25, -0.2) is 8.42 Å². The molecule has 152 valence electrons. The Labute approximate surface area is 167 Å². The first kappa shape index (κ1) is 20.8. The van der Waals surface area contributed by atoms with Gasteiger partial charge in [0.2, 0.25) is 5.91 Å². The number of likely N-dealkylation sites (tertiary alicyclic amines) is 1. The fraction of sp³-hybridized carbons (Fsp3) is 0.737. The van der Waals surface area contributed by atoms with E-state index in [4.69, 9.17) is 0 Å². The van der Waals surface area contributed by atoms with E-state index in [-0.39, 0.29) is 11.4 Å². The molecule has 2 atom stereocenters. The van der Waals surface area contributed by atoms with Gasteiger partial charge in [-0.3, -0.25) is 9.69 Å².